The molecule has 9 heteroatoms. The van der Waals surface area contributed by atoms with E-state index in [9.17, 15) is 13.6 Å². The normalized spacial score (nSPS) is 15.0. The van der Waals surface area contributed by atoms with E-state index in [0.717, 1.165) is 19.2 Å². The maximum absolute atomic E-state index is 14.1. The van der Waals surface area contributed by atoms with Gasteiger partial charge in [0.15, 0.2) is 5.13 Å². The van der Waals surface area contributed by atoms with Gasteiger partial charge in [0, 0.05) is 26.2 Å². The van der Waals surface area contributed by atoms with Gasteiger partial charge in [-0.1, -0.05) is 29.0 Å². The fourth-order valence-corrected chi connectivity index (χ4v) is 4.43. The number of benzene rings is 2. The SMILES string of the molecule is O=C(c1ccc(F)cc1Cl)N(CCN1CCOCC1)c1nc2c(F)cccc2s1. The van der Waals surface area contributed by atoms with Crippen molar-refractivity contribution in [2.75, 3.05) is 44.3 Å². The summed E-state index contributed by atoms with van der Waals surface area (Å²) in [5, 5.41) is 0.405. The molecule has 0 spiro atoms. The second-order valence-corrected chi connectivity index (χ2v) is 8.03. The average Bonchev–Trinajstić information content (AvgIpc) is 3.14. The maximum Gasteiger partial charge on any atom is 0.261 e. The number of carbonyl (C=O) groups is 1. The molecule has 0 saturated carbocycles. The minimum absolute atomic E-state index is 0.0265. The van der Waals surface area contributed by atoms with E-state index < -0.39 is 17.5 Å². The van der Waals surface area contributed by atoms with Crippen molar-refractivity contribution in [1.29, 1.82) is 0 Å². The molecule has 0 atom stereocenters. The summed E-state index contributed by atoms with van der Waals surface area (Å²) in [6, 6.07) is 8.36. The summed E-state index contributed by atoms with van der Waals surface area (Å²) >= 11 is 7.35. The lowest BCUT2D eigenvalue weighted by Crippen LogP contribution is -2.43. The van der Waals surface area contributed by atoms with Gasteiger partial charge in [0.1, 0.15) is 17.2 Å². The Morgan fingerprint density at radius 1 is 1.24 bits per heavy atom. The second kappa shape index (κ2) is 8.71. The van der Waals surface area contributed by atoms with Crippen molar-refractivity contribution in [2.45, 2.75) is 0 Å². The number of morpholine rings is 1. The Morgan fingerprint density at radius 2 is 2.03 bits per heavy atom. The summed E-state index contributed by atoms with van der Waals surface area (Å²) in [5.74, 6) is -1.36. The molecule has 2 aromatic carbocycles. The van der Waals surface area contributed by atoms with Crippen LogP contribution in [0, 0.1) is 11.6 Å². The van der Waals surface area contributed by atoms with Crippen molar-refractivity contribution >= 4 is 44.2 Å². The van der Waals surface area contributed by atoms with Gasteiger partial charge < -0.3 is 4.74 Å². The third-order valence-corrected chi connectivity index (χ3v) is 6.10. The number of halogens is 3. The van der Waals surface area contributed by atoms with E-state index in [0.29, 0.717) is 36.1 Å². The predicted molar refractivity (Wildman–Crippen MR) is 110 cm³/mol. The van der Waals surface area contributed by atoms with E-state index in [1.165, 1.54) is 34.4 Å². The van der Waals surface area contributed by atoms with Crippen molar-refractivity contribution in [3.05, 3.63) is 58.6 Å². The van der Waals surface area contributed by atoms with Crippen molar-refractivity contribution in [1.82, 2.24) is 9.88 Å². The Kier molecular flexibility index (Phi) is 6.05. The minimum atomic E-state index is -0.520. The third kappa shape index (κ3) is 4.40. The Hall–Kier alpha value is -2.13. The number of hydrogen-bond acceptors (Lipinski definition) is 5. The van der Waals surface area contributed by atoms with Crippen LogP contribution in [0.5, 0.6) is 0 Å². The van der Waals surface area contributed by atoms with Gasteiger partial charge in [-0.15, -0.1) is 0 Å². The number of rotatable bonds is 5. The van der Waals surface area contributed by atoms with E-state index >= 15 is 0 Å². The van der Waals surface area contributed by atoms with Crippen LogP contribution in [-0.4, -0.2) is 55.2 Å². The summed E-state index contributed by atoms with van der Waals surface area (Å²) < 4.78 is 33.6. The predicted octanol–water partition coefficient (Wildman–Crippen LogP) is 4.21. The van der Waals surface area contributed by atoms with Crippen molar-refractivity contribution < 1.29 is 18.3 Å². The molecule has 4 rings (SSSR count). The van der Waals surface area contributed by atoms with Gasteiger partial charge in [0.2, 0.25) is 0 Å². The molecule has 1 aliphatic rings. The van der Waals surface area contributed by atoms with Gasteiger partial charge in [-0.25, -0.2) is 13.8 Å². The molecule has 5 nitrogen and oxygen atoms in total. The van der Waals surface area contributed by atoms with Gasteiger partial charge in [-0.3, -0.25) is 14.6 Å². The van der Waals surface area contributed by atoms with Crippen LogP contribution in [0.4, 0.5) is 13.9 Å². The smallest absolute Gasteiger partial charge is 0.261 e. The van der Waals surface area contributed by atoms with Crippen LogP contribution >= 0.6 is 22.9 Å². The fraction of sp³-hybridized carbons (Fsp3) is 0.300. The molecule has 0 N–H and O–H groups in total. The number of thiazole rings is 1. The topological polar surface area (TPSA) is 45.7 Å². The number of hydrogen-bond donors (Lipinski definition) is 0. The lowest BCUT2D eigenvalue weighted by Gasteiger charge is -2.29. The summed E-state index contributed by atoms with van der Waals surface area (Å²) in [4.78, 5) is 21.3. The molecule has 152 valence electrons. The van der Waals surface area contributed by atoms with Crippen molar-refractivity contribution in [3.63, 3.8) is 0 Å². The highest BCUT2D eigenvalue weighted by molar-refractivity contribution is 7.22. The monoisotopic (exact) mass is 437 g/mol. The van der Waals surface area contributed by atoms with Gasteiger partial charge in [0.05, 0.1) is 28.5 Å². The van der Waals surface area contributed by atoms with Gasteiger partial charge in [-0.2, -0.15) is 0 Å². The minimum Gasteiger partial charge on any atom is -0.379 e. The Bertz CT molecular complexity index is 1040. The molecular formula is C20H18ClF2N3O2S. The van der Waals surface area contributed by atoms with Crippen LogP contribution in [0.25, 0.3) is 10.2 Å². The van der Waals surface area contributed by atoms with Gasteiger partial charge in [-0.05, 0) is 30.3 Å². The quantitative estimate of drug-likeness (QED) is 0.600. The summed E-state index contributed by atoms with van der Waals surface area (Å²) in [7, 11) is 0. The van der Waals surface area contributed by atoms with E-state index in [2.05, 4.69) is 9.88 Å². The number of anilines is 1. The maximum atomic E-state index is 14.1. The summed E-state index contributed by atoms with van der Waals surface area (Å²) in [6.07, 6.45) is 0. The second-order valence-electron chi connectivity index (χ2n) is 6.62. The highest BCUT2D eigenvalue weighted by atomic mass is 35.5. The van der Waals surface area contributed by atoms with Crippen LogP contribution < -0.4 is 4.90 Å². The fourth-order valence-electron chi connectivity index (χ4n) is 3.18. The molecule has 0 radical (unpaired) electrons. The first kappa shape index (κ1) is 20.2. The molecule has 0 bridgehead atoms. The number of nitrogens with zero attached hydrogens (tertiary/aromatic N) is 3. The molecule has 0 aliphatic carbocycles. The van der Waals surface area contributed by atoms with Gasteiger partial charge >= 0.3 is 0 Å². The van der Waals surface area contributed by atoms with Gasteiger partial charge in [0.25, 0.3) is 5.91 Å². The molecule has 3 aromatic rings. The zero-order valence-corrected chi connectivity index (χ0v) is 17.0. The first-order valence-electron chi connectivity index (χ1n) is 9.15. The largest absolute Gasteiger partial charge is 0.379 e. The third-order valence-electron chi connectivity index (χ3n) is 4.74. The van der Waals surface area contributed by atoms with Crippen LogP contribution in [0.3, 0.4) is 0 Å². The Balaban J connectivity index is 1.67. The standard InChI is InChI=1S/C20H18ClF2N3O2S/c21-15-12-13(22)4-5-14(15)19(27)26(7-6-25-8-10-28-11-9-25)20-24-18-16(23)2-1-3-17(18)29-20/h1-5,12H,6-11H2. The first-order chi connectivity index (χ1) is 14.0. The molecule has 1 aliphatic heterocycles. The van der Waals surface area contributed by atoms with Crippen molar-refractivity contribution in [3.8, 4) is 0 Å². The van der Waals surface area contributed by atoms with E-state index in [4.69, 9.17) is 16.3 Å². The zero-order chi connectivity index (χ0) is 20.4. The lowest BCUT2D eigenvalue weighted by molar-refractivity contribution is 0.0391. The average molecular weight is 438 g/mol. The number of aromatic nitrogens is 1. The molecule has 29 heavy (non-hydrogen) atoms. The molecular weight excluding hydrogens is 420 g/mol. The highest BCUT2D eigenvalue weighted by Crippen LogP contribution is 2.32. The van der Waals surface area contributed by atoms with E-state index in [1.54, 1.807) is 12.1 Å². The van der Waals surface area contributed by atoms with E-state index in [1.807, 2.05) is 0 Å². The number of fused-ring (bicyclic) bond motifs is 1. The highest BCUT2D eigenvalue weighted by Gasteiger charge is 2.25. The molecule has 1 amide bonds. The Labute approximate surface area is 175 Å². The Morgan fingerprint density at radius 3 is 2.76 bits per heavy atom. The zero-order valence-electron chi connectivity index (χ0n) is 15.4. The number of ether oxygens (including phenoxy) is 1. The summed E-state index contributed by atoms with van der Waals surface area (Å²) in [5.41, 5.74) is 0.400. The lowest BCUT2D eigenvalue weighted by atomic mass is 10.2. The molecule has 1 saturated heterocycles. The van der Waals surface area contributed by atoms with E-state index in [-0.39, 0.29) is 16.1 Å². The molecule has 1 fully saturated rings. The summed E-state index contributed by atoms with van der Waals surface area (Å²) in [6.45, 7) is 3.77. The van der Waals surface area contributed by atoms with Crippen LogP contribution in [0.15, 0.2) is 36.4 Å². The number of para-hydroxylation sites is 1. The number of amides is 1. The molecule has 0 unspecified atom stereocenters. The number of carbonyl (C=O) groups excluding carboxylic acids is 1. The van der Waals surface area contributed by atoms with Crippen LogP contribution in [0.1, 0.15) is 10.4 Å². The molecule has 2 heterocycles. The van der Waals surface area contributed by atoms with Crippen molar-refractivity contribution in [2.24, 2.45) is 0 Å². The molecule has 1 aromatic heterocycles. The van der Waals surface area contributed by atoms with Crippen LogP contribution in [-0.2, 0) is 4.74 Å². The first-order valence-corrected chi connectivity index (χ1v) is 10.3. The van der Waals surface area contributed by atoms with Crippen LogP contribution in [0.2, 0.25) is 5.02 Å².